The maximum Gasteiger partial charge on any atom is 0.152 e. The third kappa shape index (κ3) is 2.01. The molecule has 1 aliphatic rings. The van der Waals surface area contributed by atoms with Gasteiger partial charge in [-0.2, -0.15) is 5.26 Å². The minimum absolute atomic E-state index is 0.0566. The summed E-state index contributed by atoms with van der Waals surface area (Å²) in [6.45, 7) is 3.20. The third-order valence-corrected chi connectivity index (χ3v) is 5.75. The van der Waals surface area contributed by atoms with E-state index in [4.69, 9.17) is 5.26 Å². The molecule has 1 saturated carbocycles. The first-order valence-electron chi connectivity index (χ1n) is 5.15. The fourth-order valence-electron chi connectivity index (χ4n) is 2.23. The van der Waals surface area contributed by atoms with Crippen molar-refractivity contribution in [2.75, 3.05) is 12.4 Å². The molecule has 0 aromatic rings. The number of hydrogen-bond donors (Lipinski definition) is 1. The molecule has 0 heterocycles. The number of rotatable bonds is 3. The van der Waals surface area contributed by atoms with Crippen LogP contribution in [-0.2, 0) is 9.84 Å². The normalized spacial score (nSPS) is 36.4. The Hall–Kier alpha value is -0.600. The van der Waals surface area contributed by atoms with Gasteiger partial charge in [0.2, 0.25) is 0 Å². The number of hydrogen-bond acceptors (Lipinski definition) is 4. The van der Waals surface area contributed by atoms with Crippen molar-refractivity contribution < 1.29 is 13.5 Å². The lowest BCUT2D eigenvalue weighted by Crippen LogP contribution is -2.27. The van der Waals surface area contributed by atoms with Crippen LogP contribution in [0.15, 0.2) is 0 Å². The molecule has 0 saturated heterocycles. The molecule has 0 aliphatic heterocycles. The van der Waals surface area contributed by atoms with Crippen LogP contribution in [0.5, 0.6) is 0 Å². The molecule has 3 atom stereocenters. The largest absolute Gasteiger partial charge is 0.395 e. The summed E-state index contributed by atoms with van der Waals surface area (Å²) in [5, 5.41) is 17.8. The van der Waals surface area contributed by atoms with Crippen LogP contribution in [0.4, 0.5) is 0 Å². The van der Waals surface area contributed by atoms with Gasteiger partial charge in [0.05, 0.1) is 23.3 Å². The van der Waals surface area contributed by atoms with Gasteiger partial charge in [0.15, 0.2) is 9.84 Å². The van der Waals surface area contributed by atoms with E-state index in [2.05, 4.69) is 6.07 Å². The van der Waals surface area contributed by atoms with E-state index >= 15 is 0 Å². The zero-order valence-electron chi connectivity index (χ0n) is 9.10. The first-order valence-corrected chi connectivity index (χ1v) is 6.87. The van der Waals surface area contributed by atoms with Crippen molar-refractivity contribution in [1.29, 1.82) is 5.26 Å². The predicted molar refractivity (Wildman–Crippen MR) is 56.8 cm³/mol. The van der Waals surface area contributed by atoms with E-state index in [0.29, 0.717) is 6.42 Å². The molecular weight excluding hydrogens is 214 g/mol. The Kier molecular flexibility index (Phi) is 3.41. The average Bonchev–Trinajstić information content (AvgIpc) is 2.57. The molecule has 0 aromatic carbocycles. The third-order valence-electron chi connectivity index (χ3n) is 3.57. The van der Waals surface area contributed by atoms with Gasteiger partial charge in [-0.1, -0.05) is 13.8 Å². The lowest BCUT2D eigenvalue weighted by Gasteiger charge is -2.22. The number of nitrogens with zero attached hydrogens (tertiary/aromatic N) is 1. The van der Waals surface area contributed by atoms with E-state index in [0.717, 1.165) is 0 Å². The molecule has 0 aromatic heterocycles. The summed E-state index contributed by atoms with van der Waals surface area (Å²) < 4.78 is 23.4. The number of aliphatic hydroxyl groups is 1. The number of sulfone groups is 1. The molecule has 0 radical (unpaired) electrons. The van der Waals surface area contributed by atoms with Crippen LogP contribution in [0.1, 0.15) is 26.7 Å². The molecular formula is C10H17NO3S. The Morgan fingerprint density at radius 1 is 1.60 bits per heavy atom. The van der Waals surface area contributed by atoms with Gasteiger partial charge in [-0.3, -0.25) is 0 Å². The summed E-state index contributed by atoms with van der Waals surface area (Å²) in [6, 6.07) is 2.09. The highest BCUT2D eigenvalue weighted by Gasteiger charge is 2.48. The van der Waals surface area contributed by atoms with Crippen molar-refractivity contribution in [2.24, 2.45) is 11.3 Å². The second-order valence-electron chi connectivity index (χ2n) is 4.34. The predicted octanol–water partition coefficient (Wildman–Crippen LogP) is 0.722. The Balaban J connectivity index is 2.95. The summed E-state index contributed by atoms with van der Waals surface area (Å²) >= 11 is 0. The Morgan fingerprint density at radius 2 is 2.20 bits per heavy atom. The summed E-state index contributed by atoms with van der Waals surface area (Å²) in [5.41, 5.74) is -0.854. The quantitative estimate of drug-likeness (QED) is 0.776. The molecule has 0 bridgehead atoms. The molecule has 5 heteroatoms. The van der Waals surface area contributed by atoms with E-state index in [1.54, 1.807) is 6.92 Å². The molecule has 4 nitrogen and oxygen atoms in total. The van der Waals surface area contributed by atoms with Gasteiger partial charge in [0.25, 0.3) is 0 Å². The van der Waals surface area contributed by atoms with Crippen LogP contribution < -0.4 is 0 Å². The number of nitriles is 1. The Morgan fingerprint density at radius 3 is 2.53 bits per heavy atom. The van der Waals surface area contributed by atoms with E-state index in [1.165, 1.54) is 0 Å². The molecule has 0 amide bonds. The minimum Gasteiger partial charge on any atom is -0.395 e. The molecule has 0 unspecified atom stereocenters. The topological polar surface area (TPSA) is 78.2 Å². The summed E-state index contributed by atoms with van der Waals surface area (Å²) in [7, 11) is -3.08. The van der Waals surface area contributed by atoms with E-state index in [1.807, 2.05) is 6.92 Å². The van der Waals surface area contributed by atoms with Gasteiger partial charge in [-0.25, -0.2) is 8.42 Å². The van der Waals surface area contributed by atoms with Gasteiger partial charge < -0.3 is 5.11 Å². The Labute approximate surface area is 90.8 Å². The average molecular weight is 231 g/mol. The van der Waals surface area contributed by atoms with Gasteiger partial charge in [-0.05, 0) is 18.8 Å². The van der Waals surface area contributed by atoms with Gasteiger partial charge in [0.1, 0.15) is 0 Å². The SMILES string of the molecule is CCS(=O)(=O)[C@@H]1C[C@H](C)[C@@](C#N)(CO)C1. The standard InChI is InChI=1S/C10H17NO3S/c1-3-15(13,14)9-4-8(2)10(5-9,6-11)7-12/h8-9,12H,3-5,7H2,1-2H3/t8-,9+,10-/m0/s1. The fourth-order valence-corrected chi connectivity index (χ4v) is 3.84. The van der Waals surface area contributed by atoms with Crippen LogP contribution in [0.25, 0.3) is 0 Å². The highest BCUT2D eigenvalue weighted by Crippen LogP contribution is 2.45. The molecule has 15 heavy (non-hydrogen) atoms. The second-order valence-corrected chi connectivity index (χ2v) is 6.91. The van der Waals surface area contributed by atoms with Gasteiger partial charge in [-0.15, -0.1) is 0 Å². The smallest absolute Gasteiger partial charge is 0.152 e. The fraction of sp³-hybridized carbons (Fsp3) is 0.900. The first kappa shape index (κ1) is 12.5. The van der Waals surface area contributed by atoms with E-state index in [-0.39, 0.29) is 24.7 Å². The van der Waals surface area contributed by atoms with Gasteiger partial charge >= 0.3 is 0 Å². The summed E-state index contributed by atoms with van der Waals surface area (Å²) in [4.78, 5) is 0. The van der Waals surface area contributed by atoms with Crippen molar-refractivity contribution in [1.82, 2.24) is 0 Å². The zero-order chi connectivity index (χ0) is 11.7. The molecule has 86 valence electrons. The van der Waals surface area contributed by atoms with Crippen molar-refractivity contribution >= 4 is 9.84 Å². The summed E-state index contributed by atoms with van der Waals surface area (Å²) in [6.07, 6.45) is 0.766. The Bertz CT molecular complexity index is 371. The van der Waals surface area contributed by atoms with E-state index < -0.39 is 20.5 Å². The van der Waals surface area contributed by atoms with E-state index in [9.17, 15) is 13.5 Å². The van der Waals surface area contributed by atoms with Crippen LogP contribution >= 0.6 is 0 Å². The maximum atomic E-state index is 11.7. The highest BCUT2D eigenvalue weighted by atomic mass is 32.2. The van der Waals surface area contributed by atoms with Crippen molar-refractivity contribution in [3.05, 3.63) is 0 Å². The monoisotopic (exact) mass is 231 g/mol. The maximum absolute atomic E-state index is 11.7. The van der Waals surface area contributed by atoms with Crippen molar-refractivity contribution in [2.45, 2.75) is 31.9 Å². The van der Waals surface area contributed by atoms with Crippen LogP contribution in [0.3, 0.4) is 0 Å². The van der Waals surface area contributed by atoms with Crippen molar-refractivity contribution in [3.8, 4) is 6.07 Å². The zero-order valence-corrected chi connectivity index (χ0v) is 9.92. The van der Waals surface area contributed by atoms with Crippen LogP contribution in [0, 0.1) is 22.7 Å². The van der Waals surface area contributed by atoms with Crippen LogP contribution in [0.2, 0.25) is 0 Å². The van der Waals surface area contributed by atoms with Crippen molar-refractivity contribution in [3.63, 3.8) is 0 Å². The second kappa shape index (κ2) is 4.11. The molecule has 1 N–H and O–H groups in total. The molecule has 0 spiro atoms. The molecule has 1 fully saturated rings. The minimum atomic E-state index is -3.08. The highest BCUT2D eigenvalue weighted by molar-refractivity contribution is 7.92. The molecule has 1 aliphatic carbocycles. The summed E-state index contributed by atoms with van der Waals surface area (Å²) in [5.74, 6) is 0.0518. The first-order chi connectivity index (χ1) is 6.91. The lowest BCUT2D eigenvalue weighted by atomic mass is 9.81. The number of aliphatic hydroxyl groups excluding tert-OH is 1. The molecule has 1 rings (SSSR count). The van der Waals surface area contributed by atoms with Gasteiger partial charge in [0, 0.05) is 5.75 Å². The van der Waals surface area contributed by atoms with Crippen LogP contribution in [-0.4, -0.2) is 31.1 Å². The lowest BCUT2D eigenvalue weighted by molar-refractivity contribution is 0.144.